The van der Waals surface area contributed by atoms with Gasteiger partial charge < -0.3 is 0 Å². The standard InChI is InChI=1S/C9H19NO2/c1-2-3-4-5-6-7-8-12-10-9-11/h9H,2-8H2,1H3,(H,10,11). The first-order chi connectivity index (χ1) is 5.91. The van der Waals surface area contributed by atoms with Crippen molar-refractivity contribution in [2.45, 2.75) is 45.4 Å². The number of carbonyl (C=O) groups is 1. The molecule has 3 heteroatoms. The van der Waals surface area contributed by atoms with Gasteiger partial charge in [-0.2, -0.15) is 0 Å². The van der Waals surface area contributed by atoms with E-state index in [2.05, 4.69) is 12.4 Å². The Kier molecular flexibility index (Phi) is 9.93. The molecule has 0 unspecified atom stereocenters. The van der Waals surface area contributed by atoms with Gasteiger partial charge in [0.05, 0.1) is 6.61 Å². The first kappa shape index (κ1) is 11.4. The molecule has 0 aromatic carbocycles. The number of hydroxylamine groups is 1. The van der Waals surface area contributed by atoms with Crippen molar-refractivity contribution in [1.29, 1.82) is 0 Å². The van der Waals surface area contributed by atoms with Crippen molar-refractivity contribution in [2.24, 2.45) is 0 Å². The molecule has 72 valence electrons. The number of unbranched alkanes of at least 4 members (excludes halogenated alkanes) is 5. The maximum absolute atomic E-state index is 9.74. The molecule has 0 atom stereocenters. The zero-order chi connectivity index (χ0) is 9.07. The number of nitrogens with one attached hydrogen (secondary N) is 1. The lowest BCUT2D eigenvalue weighted by Crippen LogP contribution is -2.12. The number of carbonyl (C=O) groups excluding carboxylic acids is 1. The second kappa shape index (κ2) is 10.4. The van der Waals surface area contributed by atoms with Crippen LogP contribution in [0.25, 0.3) is 0 Å². The van der Waals surface area contributed by atoms with Crippen LogP contribution in [0.3, 0.4) is 0 Å². The molecule has 0 aliphatic heterocycles. The highest BCUT2D eigenvalue weighted by atomic mass is 16.6. The SMILES string of the molecule is CCCCCCCCONC=O. The minimum absolute atomic E-state index is 0.553. The maximum Gasteiger partial charge on any atom is 0.230 e. The van der Waals surface area contributed by atoms with Crippen molar-refractivity contribution >= 4 is 6.41 Å². The van der Waals surface area contributed by atoms with Gasteiger partial charge in [-0.25, -0.2) is 5.48 Å². The average molecular weight is 173 g/mol. The molecule has 1 N–H and O–H groups in total. The summed E-state index contributed by atoms with van der Waals surface area (Å²) in [5.74, 6) is 0. The second-order valence-electron chi connectivity index (χ2n) is 2.85. The van der Waals surface area contributed by atoms with Crippen LogP contribution in [-0.4, -0.2) is 13.0 Å². The minimum Gasteiger partial charge on any atom is -0.277 e. The van der Waals surface area contributed by atoms with Crippen LogP contribution in [0, 0.1) is 0 Å². The number of hydrogen-bond donors (Lipinski definition) is 1. The molecule has 0 aliphatic rings. The molecule has 0 aromatic heterocycles. The van der Waals surface area contributed by atoms with E-state index in [0.29, 0.717) is 13.0 Å². The summed E-state index contributed by atoms with van der Waals surface area (Å²) in [7, 11) is 0. The van der Waals surface area contributed by atoms with Gasteiger partial charge in [0.1, 0.15) is 0 Å². The van der Waals surface area contributed by atoms with Crippen LogP contribution in [-0.2, 0) is 9.63 Å². The molecule has 0 saturated carbocycles. The summed E-state index contributed by atoms with van der Waals surface area (Å²) in [6.07, 6.45) is 7.98. The van der Waals surface area contributed by atoms with E-state index in [0.717, 1.165) is 6.42 Å². The Morgan fingerprint density at radius 2 is 1.83 bits per heavy atom. The fourth-order valence-corrected chi connectivity index (χ4v) is 1.05. The third-order valence-corrected chi connectivity index (χ3v) is 1.73. The van der Waals surface area contributed by atoms with Crippen LogP contribution in [0.2, 0.25) is 0 Å². The molecule has 0 aliphatic carbocycles. The molecule has 0 rings (SSSR count). The Morgan fingerprint density at radius 3 is 2.50 bits per heavy atom. The number of hydrogen-bond acceptors (Lipinski definition) is 2. The van der Waals surface area contributed by atoms with Crippen molar-refractivity contribution in [3.8, 4) is 0 Å². The van der Waals surface area contributed by atoms with Gasteiger partial charge in [0.15, 0.2) is 0 Å². The molecule has 0 bridgehead atoms. The smallest absolute Gasteiger partial charge is 0.230 e. The third-order valence-electron chi connectivity index (χ3n) is 1.73. The van der Waals surface area contributed by atoms with Crippen molar-refractivity contribution in [3.63, 3.8) is 0 Å². The lowest BCUT2D eigenvalue weighted by atomic mass is 10.1. The summed E-state index contributed by atoms with van der Waals surface area (Å²) >= 11 is 0. The van der Waals surface area contributed by atoms with Crippen molar-refractivity contribution < 1.29 is 9.63 Å². The predicted molar refractivity (Wildman–Crippen MR) is 48.5 cm³/mol. The number of amides is 1. The molecule has 0 fully saturated rings. The summed E-state index contributed by atoms with van der Waals surface area (Å²) in [6.45, 7) is 2.84. The van der Waals surface area contributed by atoms with Gasteiger partial charge >= 0.3 is 0 Å². The Balaban J connectivity index is 2.77. The highest BCUT2D eigenvalue weighted by molar-refractivity contribution is 5.43. The third kappa shape index (κ3) is 9.43. The highest BCUT2D eigenvalue weighted by Gasteiger charge is 1.89. The van der Waals surface area contributed by atoms with Crippen molar-refractivity contribution in [3.05, 3.63) is 0 Å². The summed E-state index contributed by atoms with van der Waals surface area (Å²) in [4.78, 5) is 14.5. The van der Waals surface area contributed by atoms with E-state index in [1.165, 1.54) is 32.1 Å². The van der Waals surface area contributed by atoms with Crippen LogP contribution in [0.1, 0.15) is 45.4 Å². The largest absolute Gasteiger partial charge is 0.277 e. The van der Waals surface area contributed by atoms with E-state index in [1.54, 1.807) is 0 Å². The quantitative estimate of drug-likeness (QED) is 0.329. The molecule has 0 spiro atoms. The van der Waals surface area contributed by atoms with E-state index in [4.69, 9.17) is 4.84 Å². The lowest BCUT2D eigenvalue weighted by Gasteiger charge is -2.00. The zero-order valence-electron chi connectivity index (χ0n) is 7.84. The van der Waals surface area contributed by atoms with E-state index < -0.39 is 0 Å². The summed E-state index contributed by atoms with van der Waals surface area (Å²) in [5, 5.41) is 0. The normalized spacial score (nSPS) is 9.75. The molecule has 0 aromatic rings. The number of rotatable bonds is 9. The monoisotopic (exact) mass is 173 g/mol. The molecular formula is C9H19NO2. The van der Waals surface area contributed by atoms with Crippen molar-refractivity contribution in [1.82, 2.24) is 5.48 Å². The van der Waals surface area contributed by atoms with Crippen LogP contribution < -0.4 is 5.48 Å². The Bertz CT molecular complexity index is 96.5. The molecule has 3 nitrogen and oxygen atoms in total. The van der Waals surface area contributed by atoms with Crippen LogP contribution in [0.4, 0.5) is 0 Å². The molecule has 0 heterocycles. The van der Waals surface area contributed by atoms with E-state index in [9.17, 15) is 4.79 Å². The van der Waals surface area contributed by atoms with Gasteiger partial charge in [0.2, 0.25) is 6.41 Å². The second-order valence-corrected chi connectivity index (χ2v) is 2.85. The Morgan fingerprint density at radius 1 is 1.17 bits per heavy atom. The van der Waals surface area contributed by atoms with Gasteiger partial charge in [0.25, 0.3) is 0 Å². The van der Waals surface area contributed by atoms with Gasteiger partial charge in [0, 0.05) is 0 Å². The summed E-state index contributed by atoms with van der Waals surface area (Å²) in [5.41, 5.74) is 2.17. The summed E-state index contributed by atoms with van der Waals surface area (Å²) in [6, 6.07) is 0. The van der Waals surface area contributed by atoms with E-state index >= 15 is 0 Å². The van der Waals surface area contributed by atoms with Gasteiger partial charge in [-0.3, -0.25) is 9.63 Å². The molecule has 1 amide bonds. The van der Waals surface area contributed by atoms with Gasteiger partial charge in [-0.15, -0.1) is 0 Å². The fourth-order valence-electron chi connectivity index (χ4n) is 1.05. The first-order valence-electron chi connectivity index (χ1n) is 4.72. The highest BCUT2D eigenvalue weighted by Crippen LogP contribution is 2.04. The van der Waals surface area contributed by atoms with Crippen LogP contribution >= 0.6 is 0 Å². The van der Waals surface area contributed by atoms with Crippen LogP contribution in [0.5, 0.6) is 0 Å². The zero-order valence-corrected chi connectivity index (χ0v) is 7.84. The van der Waals surface area contributed by atoms with Crippen LogP contribution in [0.15, 0.2) is 0 Å². The molecular weight excluding hydrogens is 154 g/mol. The maximum atomic E-state index is 9.74. The average Bonchev–Trinajstić information content (AvgIpc) is 2.10. The molecule has 0 radical (unpaired) electrons. The fraction of sp³-hybridized carbons (Fsp3) is 0.889. The van der Waals surface area contributed by atoms with Gasteiger partial charge in [-0.05, 0) is 6.42 Å². The summed E-state index contributed by atoms with van der Waals surface area (Å²) < 4.78 is 0. The van der Waals surface area contributed by atoms with Gasteiger partial charge in [-0.1, -0.05) is 39.0 Å². The minimum atomic E-state index is 0.553. The Labute approximate surface area is 74.4 Å². The predicted octanol–water partition coefficient (Wildman–Crippen LogP) is 2.02. The molecule has 12 heavy (non-hydrogen) atoms. The van der Waals surface area contributed by atoms with E-state index in [1.807, 2.05) is 0 Å². The van der Waals surface area contributed by atoms with Crippen molar-refractivity contribution in [2.75, 3.05) is 6.61 Å². The molecule has 0 saturated heterocycles. The lowest BCUT2D eigenvalue weighted by molar-refractivity contribution is -0.120. The topological polar surface area (TPSA) is 38.3 Å². The Hall–Kier alpha value is -0.570. The van der Waals surface area contributed by atoms with E-state index in [-0.39, 0.29) is 0 Å². The first-order valence-corrected chi connectivity index (χ1v) is 4.72.